The fraction of sp³-hybridized carbons (Fsp3) is 0.0769. The van der Waals surface area contributed by atoms with E-state index >= 15 is 0 Å². The van der Waals surface area contributed by atoms with E-state index in [0.29, 0.717) is 4.47 Å². The van der Waals surface area contributed by atoms with E-state index in [9.17, 15) is 8.78 Å². The summed E-state index contributed by atoms with van der Waals surface area (Å²) in [6.45, 7) is 0.00887. The van der Waals surface area contributed by atoms with Crippen LogP contribution in [-0.4, -0.2) is 0 Å². The van der Waals surface area contributed by atoms with E-state index in [1.54, 1.807) is 6.07 Å². The lowest BCUT2D eigenvalue weighted by atomic mass is 10.2. The molecule has 2 aromatic carbocycles. The molecule has 0 heterocycles. The molecule has 2 rings (SSSR count). The highest BCUT2D eigenvalue weighted by atomic mass is 79.9. The first-order chi connectivity index (χ1) is 8.61. The van der Waals surface area contributed by atoms with Crippen molar-refractivity contribution in [1.82, 2.24) is 0 Å². The maximum atomic E-state index is 13.5. The second kappa shape index (κ2) is 5.46. The van der Waals surface area contributed by atoms with Gasteiger partial charge in [-0.1, -0.05) is 6.07 Å². The van der Waals surface area contributed by atoms with Gasteiger partial charge in [0.2, 0.25) is 0 Å². The first-order valence-electron chi connectivity index (χ1n) is 5.22. The lowest BCUT2D eigenvalue weighted by molar-refractivity contribution is 0.460. The fourth-order valence-electron chi connectivity index (χ4n) is 1.51. The summed E-state index contributed by atoms with van der Waals surface area (Å²) in [7, 11) is 0. The average molecular weight is 314 g/mol. The van der Waals surface area contributed by atoms with Crippen LogP contribution in [0.3, 0.4) is 0 Å². The second-order valence-corrected chi connectivity index (χ2v) is 4.45. The van der Waals surface area contributed by atoms with Crippen molar-refractivity contribution in [3.05, 3.63) is 58.1 Å². The van der Waals surface area contributed by atoms with Gasteiger partial charge in [0.15, 0.2) is 0 Å². The summed E-state index contributed by atoms with van der Waals surface area (Å²) < 4.78 is 32.7. The van der Waals surface area contributed by atoms with Crippen molar-refractivity contribution in [3.63, 3.8) is 0 Å². The van der Waals surface area contributed by atoms with Crippen LogP contribution in [0.5, 0.6) is 11.5 Å². The van der Waals surface area contributed by atoms with Crippen LogP contribution in [0.4, 0.5) is 8.78 Å². The van der Waals surface area contributed by atoms with Crippen LogP contribution in [0.1, 0.15) is 5.56 Å². The zero-order chi connectivity index (χ0) is 13.1. The first kappa shape index (κ1) is 13.0. The maximum absolute atomic E-state index is 13.5. The monoisotopic (exact) mass is 313 g/mol. The highest BCUT2D eigenvalue weighted by Crippen LogP contribution is 2.32. The number of nitrogens with two attached hydrogens (primary N) is 1. The highest BCUT2D eigenvalue weighted by molar-refractivity contribution is 9.10. The predicted octanol–water partition coefficient (Wildman–Crippen LogP) is 3.98. The molecule has 18 heavy (non-hydrogen) atoms. The van der Waals surface area contributed by atoms with E-state index < -0.39 is 11.6 Å². The summed E-state index contributed by atoms with van der Waals surface area (Å²) >= 11 is 3.24. The summed E-state index contributed by atoms with van der Waals surface area (Å²) in [4.78, 5) is 0. The van der Waals surface area contributed by atoms with Crippen molar-refractivity contribution in [2.24, 2.45) is 5.73 Å². The summed E-state index contributed by atoms with van der Waals surface area (Å²) in [5.74, 6) is -0.319. The minimum absolute atomic E-state index is 0.00887. The van der Waals surface area contributed by atoms with Crippen LogP contribution in [0.15, 0.2) is 40.9 Å². The van der Waals surface area contributed by atoms with Gasteiger partial charge in [0, 0.05) is 18.2 Å². The molecule has 94 valence electrons. The lowest BCUT2D eigenvalue weighted by Gasteiger charge is -2.11. The third-order valence-electron chi connectivity index (χ3n) is 2.39. The highest BCUT2D eigenvalue weighted by Gasteiger charge is 2.11. The summed E-state index contributed by atoms with van der Waals surface area (Å²) in [5, 5.41) is 0. The Morgan fingerprint density at radius 1 is 1.11 bits per heavy atom. The van der Waals surface area contributed by atoms with E-state index in [4.69, 9.17) is 10.5 Å². The first-order valence-corrected chi connectivity index (χ1v) is 6.01. The predicted molar refractivity (Wildman–Crippen MR) is 68.5 cm³/mol. The molecular weight excluding hydrogens is 304 g/mol. The zero-order valence-electron chi connectivity index (χ0n) is 9.29. The lowest BCUT2D eigenvalue weighted by Crippen LogP contribution is -2.02. The van der Waals surface area contributed by atoms with Gasteiger partial charge in [-0.2, -0.15) is 0 Å². The maximum Gasteiger partial charge on any atom is 0.144 e. The van der Waals surface area contributed by atoms with Crippen LogP contribution in [0, 0.1) is 11.6 Å². The third kappa shape index (κ3) is 2.68. The molecule has 0 bridgehead atoms. The van der Waals surface area contributed by atoms with Gasteiger partial charge >= 0.3 is 0 Å². The van der Waals surface area contributed by atoms with Gasteiger partial charge in [0.1, 0.15) is 23.1 Å². The van der Waals surface area contributed by atoms with Crippen molar-refractivity contribution in [3.8, 4) is 11.5 Å². The Labute approximate surface area is 112 Å². The molecule has 5 heteroatoms. The van der Waals surface area contributed by atoms with Crippen molar-refractivity contribution < 1.29 is 13.5 Å². The van der Waals surface area contributed by atoms with Crippen LogP contribution < -0.4 is 10.5 Å². The van der Waals surface area contributed by atoms with Crippen molar-refractivity contribution >= 4 is 15.9 Å². The van der Waals surface area contributed by atoms with Crippen LogP contribution in [0.2, 0.25) is 0 Å². The number of rotatable bonds is 3. The summed E-state index contributed by atoms with van der Waals surface area (Å²) in [6.07, 6.45) is 0. The van der Waals surface area contributed by atoms with E-state index in [-0.39, 0.29) is 23.6 Å². The Balaban J connectivity index is 2.40. The molecule has 0 unspecified atom stereocenters. The largest absolute Gasteiger partial charge is 0.456 e. The van der Waals surface area contributed by atoms with Crippen molar-refractivity contribution in [1.29, 1.82) is 0 Å². The van der Waals surface area contributed by atoms with Crippen molar-refractivity contribution in [2.45, 2.75) is 6.54 Å². The molecule has 2 aromatic rings. The molecule has 0 aliphatic rings. The van der Waals surface area contributed by atoms with Gasteiger partial charge in [-0.15, -0.1) is 0 Å². The van der Waals surface area contributed by atoms with Crippen LogP contribution in [0.25, 0.3) is 0 Å². The van der Waals surface area contributed by atoms with Gasteiger partial charge < -0.3 is 10.5 Å². The minimum Gasteiger partial charge on any atom is -0.456 e. The van der Waals surface area contributed by atoms with Gasteiger partial charge in [0.25, 0.3) is 0 Å². The number of hydrogen-bond donors (Lipinski definition) is 1. The minimum atomic E-state index is -0.442. The summed E-state index contributed by atoms with van der Waals surface area (Å²) in [5.41, 5.74) is 5.73. The quantitative estimate of drug-likeness (QED) is 0.930. The molecule has 0 aliphatic carbocycles. The molecule has 0 aliphatic heterocycles. The van der Waals surface area contributed by atoms with Crippen LogP contribution >= 0.6 is 15.9 Å². The number of halogens is 3. The Morgan fingerprint density at radius 2 is 1.89 bits per heavy atom. The Hall–Kier alpha value is -1.46. The molecule has 2 N–H and O–H groups in total. The van der Waals surface area contributed by atoms with Crippen molar-refractivity contribution in [2.75, 3.05) is 0 Å². The van der Waals surface area contributed by atoms with E-state index in [1.165, 1.54) is 30.3 Å². The molecule has 2 nitrogen and oxygen atoms in total. The Bertz CT molecular complexity index is 575. The average Bonchev–Trinajstić information content (AvgIpc) is 2.34. The number of benzene rings is 2. The number of hydrogen-bond acceptors (Lipinski definition) is 2. The van der Waals surface area contributed by atoms with Gasteiger partial charge in [-0.05, 0) is 40.2 Å². The Morgan fingerprint density at radius 3 is 2.61 bits per heavy atom. The van der Waals surface area contributed by atoms with Crippen LogP contribution in [-0.2, 0) is 6.54 Å². The normalized spacial score (nSPS) is 10.4. The molecule has 0 radical (unpaired) electrons. The van der Waals surface area contributed by atoms with Gasteiger partial charge in [0.05, 0.1) is 4.47 Å². The molecule has 0 spiro atoms. The van der Waals surface area contributed by atoms with Gasteiger partial charge in [-0.25, -0.2) is 8.78 Å². The molecule has 0 amide bonds. The Kier molecular flexibility index (Phi) is 3.93. The second-order valence-electron chi connectivity index (χ2n) is 3.60. The molecule has 0 atom stereocenters. The van der Waals surface area contributed by atoms with Gasteiger partial charge in [-0.3, -0.25) is 0 Å². The SMILES string of the molecule is NCc1c(F)cccc1Oc1cc(F)ccc1Br. The van der Waals surface area contributed by atoms with E-state index in [2.05, 4.69) is 15.9 Å². The topological polar surface area (TPSA) is 35.2 Å². The number of ether oxygens (including phenoxy) is 1. The molecule has 0 saturated carbocycles. The van der Waals surface area contributed by atoms with E-state index in [0.717, 1.165) is 0 Å². The molecule has 0 fully saturated rings. The fourth-order valence-corrected chi connectivity index (χ4v) is 1.83. The standard InChI is InChI=1S/C13H10BrF2NO/c14-10-5-4-8(15)6-13(10)18-12-3-1-2-11(16)9(12)7-17/h1-6H,7,17H2. The summed E-state index contributed by atoms with van der Waals surface area (Å²) in [6, 6.07) is 8.43. The molecule has 0 aromatic heterocycles. The third-order valence-corrected chi connectivity index (χ3v) is 3.05. The smallest absolute Gasteiger partial charge is 0.144 e. The van der Waals surface area contributed by atoms with E-state index in [1.807, 2.05) is 0 Å². The molecule has 0 saturated heterocycles. The zero-order valence-corrected chi connectivity index (χ0v) is 10.9. The molecular formula is C13H10BrF2NO.